The van der Waals surface area contributed by atoms with Gasteiger partial charge in [0.2, 0.25) is 5.91 Å². The van der Waals surface area contributed by atoms with Crippen LogP contribution >= 0.6 is 23.2 Å². The topological polar surface area (TPSA) is 23.6 Å². The van der Waals surface area contributed by atoms with Crippen molar-refractivity contribution in [2.45, 2.75) is 12.8 Å². The molecule has 2 aromatic carbocycles. The van der Waals surface area contributed by atoms with Gasteiger partial charge in [0.05, 0.1) is 5.69 Å². The summed E-state index contributed by atoms with van der Waals surface area (Å²) in [4.78, 5) is 12.7. The van der Waals surface area contributed by atoms with E-state index in [4.69, 9.17) is 23.2 Å². The Morgan fingerprint density at radius 3 is 2.39 bits per heavy atom. The zero-order valence-corrected chi connectivity index (χ0v) is 14.4. The molecule has 0 radical (unpaired) electrons. The zero-order chi connectivity index (χ0) is 16.4. The maximum atomic E-state index is 12.7. The maximum absolute atomic E-state index is 12.7. The first-order valence-corrected chi connectivity index (χ1v) is 8.36. The highest BCUT2D eigenvalue weighted by atomic mass is 35.5. The number of halogens is 2. The average molecular weight is 349 g/mol. The van der Waals surface area contributed by atoms with E-state index in [1.54, 1.807) is 5.01 Å². The number of hydrazine groups is 1. The van der Waals surface area contributed by atoms with Crippen LogP contribution in [0, 0.1) is 5.92 Å². The first-order chi connectivity index (χ1) is 11.1. The number of anilines is 1. The van der Waals surface area contributed by atoms with E-state index in [0.717, 1.165) is 17.7 Å². The van der Waals surface area contributed by atoms with Gasteiger partial charge in [-0.25, -0.2) is 0 Å². The summed E-state index contributed by atoms with van der Waals surface area (Å²) >= 11 is 12.5. The molecule has 1 heterocycles. The number of hydrogen-bond acceptors (Lipinski definition) is 2. The van der Waals surface area contributed by atoms with E-state index in [9.17, 15) is 4.79 Å². The first kappa shape index (κ1) is 16.2. The Bertz CT molecular complexity index is 685. The van der Waals surface area contributed by atoms with Gasteiger partial charge in [0, 0.05) is 29.6 Å². The monoisotopic (exact) mass is 348 g/mol. The maximum Gasteiger partial charge on any atom is 0.244 e. The minimum absolute atomic E-state index is 0.0847. The molecule has 5 heteroatoms. The lowest BCUT2D eigenvalue weighted by atomic mass is 9.98. The van der Waals surface area contributed by atoms with Gasteiger partial charge in [-0.15, -0.1) is 0 Å². The van der Waals surface area contributed by atoms with E-state index in [1.807, 2.05) is 60.6 Å². The summed E-state index contributed by atoms with van der Waals surface area (Å²) in [5.41, 5.74) is 1.86. The molecular weight excluding hydrogens is 331 g/mol. The van der Waals surface area contributed by atoms with E-state index in [0.29, 0.717) is 23.0 Å². The summed E-state index contributed by atoms with van der Waals surface area (Å²) < 4.78 is 0. The normalized spacial score (nSPS) is 17.6. The highest BCUT2D eigenvalue weighted by Gasteiger charge is 2.34. The van der Waals surface area contributed by atoms with E-state index in [-0.39, 0.29) is 11.8 Å². The lowest BCUT2D eigenvalue weighted by Crippen LogP contribution is -2.42. The van der Waals surface area contributed by atoms with Gasteiger partial charge in [0.25, 0.3) is 0 Å². The lowest BCUT2D eigenvalue weighted by molar-refractivity contribution is -0.131. The van der Waals surface area contributed by atoms with Gasteiger partial charge in [0.1, 0.15) is 0 Å². The fraction of sp³-hybridized carbons (Fsp3) is 0.278. The minimum Gasteiger partial charge on any atom is -0.286 e. The molecule has 1 unspecified atom stereocenters. The van der Waals surface area contributed by atoms with Gasteiger partial charge in [-0.05, 0) is 42.7 Å². The van der Waals surface area contributed by atoms with Gasteiger partial charge in [-0.1, -0.05) is 47.5 Å². The Balaban J connectivity index is 1.74. The van der Waals surface area contributed by atoms with Crippen molar-refractivity contribution in [2.24, 2.45) is 5.92 Å². The Morgan fingerprint density at radius 2 is 1.74 bits per heavy atom. The largest absolute Gasteiger partial charge is 0.286 e. The standard InChI is InChI=1S/C18H18Cl2N2O/c1-21(14-6-3-2-4-7-14)22-11-10-13(18(22)23)12-15-16(19)8-5-9-17(15)20/h2-9,13H,10-12H2,1H3. The molecule has 0 aliphatic carbocycles. The number of rotatable bonds is 4. The molecule has 1 aliphatic rings. The molecule has 3 rings (SSSR count). The Morgan fingerprint density at radius 1 is 1.09 bits per heavy atom. The van der Waals surface area contributed by atoms with Crippen LogP contribution in [-0.4, -0.2) is 24.5 Å². The molecule has 1 fully saturated rings. The van der Waals surface area contributed by atoms with Gasteiger partial charge in [-0.2, -0.15) is 0 Å². The molecule has 0 N–H and O–H groups in total. The number of benzene rings is 2. The first-order valence-electron chi connectivity index (χ1n) is 7.61. The van der Waals surface area contributed by atoms with Gasteiger partial charge in [-0.3, -0.25) is 14.8 Å². The van der Waals surface area contributed by atoms with Crippen molar-refractivity contribution in [3.05, 3.63) is 64.1 Å². The van der Waals surface area contributed by atoms with Crippen LogP contribution in [-0.2, 0) is 11.2 Å². The molecule has 120 valence electrons. The summed E-state index contributed by atoms with van der Waals surface area (Å²) in [5, 5.41) is 4.96. The van der Waals surface area contributed by atoms with E-state index in [2.05, 4.69) is 0 Å². The van der Waals surface area contributed by atoms with Crippen LogP contribution in [0.5, 0.6) is 0 Å². The fourth-order valence-corrected chi connectivity index (χ4v) is 3.52. The second-order valence-corrected chi connectivity index (χ2v) is 6.52. The van der Waals surface area contributed by atoms with E-state index in [1.165, 1.54) is 0 Å². The van der Waals surface area contributed by atoms with E-state index >= 15 is 0 Å². The van der Waals surface area contributed by atoms with Crippen molar-refractivity contribution in [3.8, 4) is 0 Å². The van der Waals surface area contributed by atoms with Crippen molar-refractivity contribution >= 4 is 34.8 Å². The van der Waals surface area contributed by atoms with Gasteiger partial charge < -0.3 is 0 Å². The zero-order valence-electron chi connectivity index (χ0n) is 12.9. The smallest absolute Gasteiger partial charge is 0.244 e. The second kappa shape index (κ2) is 6.81. The predicted molar refractivity (Wildman–Crippen MR) is 94.8 cm³/mol. The Hall–Kier alpha value is -1.71. The molecule has 1 aliphatic heterocycles. The van der Waals surface area contributed by atoms with Crippen molar-refractivity contribution in [1.29, 1.82) is 0 Å². The number of para-hydroxylation sites is 1. The van der Waals surface area contributed by atoms with Gasteiger partial charge >= 0.3 is 0 Å². The number of nitrogens with zero attached hydrogens (tertiary/aromatic N) is 2. The third-order valence-corrected chi connectivity index (χ3v) is 5.01. The highest BCUT2D eigenvalue weighted by molar-refractivity contribution is 6.36. The molecule has 0 bridgehead atoms. The number of carbonyl (C=O) groups is 1. The second-order valence-electron chi connectivity index (χ2n) is 5.71. The quantitative estimate of drug-likeness (QED) is 0.815. The predicted octanol–water partition coefficient (Wildman–Crippen LogP) is 4.44. The number of hydrogen-bond donors (Lipinski definition) is 0. The van der Waals surface area contributed by atoms with E-state index < -0.39 is 0 Å². The highest BCUT2D eigenvalue weighted by Crippen LogP contribution is 2.31. The van der Waals surface area contributed by atoms with Crippen LogP contribution in [0.3, 0.4) is 0 Å². The molecule has 2 aromatic rings. The SMILES string of the molecule is CN(c1ccccc1)N1CCC(Cc2c(Cl)cccc2Cl)C1=O. The Labute approximate surface area is 146 Å². The van der Waals surface area contributed by atoms with Crippen LogP contribution in [0.2, 0.25) is 10.0 Å². The summed E-state index contributed by atoms with van der Waals surface area (Å²) in [5.74, 6) is 0.0332. The molecule has 1 atom stereocenters. The molecule has 3 nitrogen and oxygen atoms in total. The average Bonchev–Trinajstić information content (AvgIpc) is 2.92. The van der Waals surface area contributed by atoms with Crippen LogP contribution in [0.1, 0.15) is 12.0 Å². The van der Waals surface area contributed by atoms with Crippen molar-refractivity contribution in [3.63, 3.8) is 0 Å². The molecule has 23 heavy (non-hydrogen) atoms. The van der Waals surface area contributed by atoms with Crippen LogP contribution in [0.25, 0.3) is 0 Å². The van der Waals surface area contributed by atoms with Crippen molar-refractivity contribution in [2.75, 3.05) is 18.6 Å². The number of amides is 1. The Kier molecular flexibility index (Phi) is 4.79. The molecular formula is C18H18Cl2N2O. The van der Waals surface area contributed by atoms with Crippen LogP contribution in [0.15, 0.2) is 48.5 Å². The molecule has 1 amide bonds. The van der Waals surface area contributed by atoms with Crippen LogP contribution in [0.4, 0.5) is 5.69 Å². The van der Waals surface area contributed by atoms with Crippen molar-refractivity contribution < 1.29 is 4.79 Å². The summed E-state index contributed by atoms with van der Waals surface area (Å²) in [6.45, 7) is 0.705. The number of carbonyl (C=O) groups excluding carboxylic acids is 1. The third kappa shape index (κ3) is 3.31. The summed E-state index contributed by atoms with van der Waals surface area (Å²) in [7, 11) is 1.91. The van der Waals surface area contributed by atoms with Crippen molar-refractivity contribution in [1.82, 2.24) is 5.01 Å². The molecule has 0 aromatic heterocycles. The molecule has 0 spiro atoms. The molecule has 1 saturated heterocycles. The summed E-state index contributed by atoms with van der Waals surface area (Å²) in [6.07, 6.45) is 1.38. The van der Waals surface area contributed by atoms with Gasteiger partial charge in [0.15, 0.2) is 0 Å². The minimum atomic E-state index is -0.0847. The third-order valence-electron chi connectivity index (χ3n) is 4.30. The lowest BCUT2D eigenvalue weighted by Gasteiger charge is -2.30. The fourth-order valence-electron chi connectivity index (χ4n) is 2.97. The summed E-state index contributed by atoms with van der Waals surface area (Å²) in [6, 6.07) is 15.3. The molecule has 0 saturated carbocycles. The van der Waals surface area contributed by atoms with Crippen LogP contribution < -0.4 is 5.01 Å².